The molecule has 108 valence electrons. The molecule has 2 aromatic carbocycles. The SMILES string of the molecule is COC(=O)c1ccc(-n2cc(C#N)c3ccccc32)cc1F. The highest BCUT2D eigenvalue weighted by Gasteiger charge is 2.14. The second kappa shape index (κ2) is 5.34. The summed E-state index contributed by atoms with van der Waals surface area (Å²) in [4.78, 5) is 11.4. The Morgan fingerprint density at radius 2 is 2.05 bits per heavy atom. The van der Waals surface area contributed by atoms with Crippen molar-refractivity contribution in [1.82, 2.24) is 4.57 Å². The van der Waals surface area contributed by atoms with Crippen LogP contribution in [0.5, 0.6) is 0 Å². The second-order valence-corrected chi connectivity index (χ2v) is 4.70. The number of carbonyl (C=O) groups is 1. The lowest BCUT2D eigenvalue weighted by Crippen LogP contribution is -2.05. The summed E-state index contributed by atoms with van der Waals surface area (Å²) in [5.41, 5.74) is 1.71. The smallest absolute Gasteiger partial charge is 0.340 e. The van der Waals surface area contributed by atoms with E-state index in [2.05, 4.69) is 10.8 Å². The van der Waals surface area contributed by atoms with E-state index in [1.54, 1.807) is 16.8 Å². The van der Waals surface area contributed by atoms with E-state index in [0.717, 1.165) is 10.9 Å². The van der Waals surface area contributed by atoms with Gasteiger partial charge < -0.3 is 9.30 Å². The Balaban J connectivity index is 2.19. The molecule has 5 heteroatoms. The molecule has 0 bridgehead atoms. The molecule has 0 N–H and O–H groups in total. The molecule has 3 aromatic rings. The molecule has 0 saturated heterocycles. The lowest BCUT2D eigenvalue weighted by atomic mass is 10.2. The van der Waals surface area contributed by atoms with Gasteiger partial charge in [-0.3, -0.25) is 0 Å². The molecular weight excluding hydrogens is 283 g/mol. The Morgan fingerprint density at radius 1 is 1.27 bits per heavy atom. The number of carbonyl (C=O) groups excluding carboxylic acids is 1. The second-order valence-electron chi connectivity index (χ2n) is 4.70. The molecule has 0 aliphatic heterocycles. The maximum absolute atomic E-state index is 14.1. The van der Waals surface area contributed by atoms with Gasteiger partial charge in [0.1, 0.15) is 11.9 Å². The number of nitrogens with zero attached hydrogens (tertiary/aromatic N) is 2. The molecule has 0 fully saturated rings. The number of hydrogen-bond acceptors (Lipinski definition) is 3. The average Bonchev–Trinajstić information content (AvgIpc) is 2.93. The summed E-state index contributed by atoms with van der Waals surface area (Å²) < 4.78 is 20.3. The number of nitriles is 1. The third-order valence-corrected chi connectivity index (χ3v) is 3.47. The lowest BCUT2D eigenvalue weighted by molar-refractivity contribution is 0.0595. The first-order valence-corrected chi connectivity index (χ1v) is 6.54. The van der Waals surface area contributed by atoms with Crippen LogP contribution in [0.15, 0.2) is 48.7 Å². The number of methoxy groups -OCH3 is 1. The van der Waals surface area contributed by atoms with Gasteiger partial charge in [-0.15, -0.1) is 0 Å². The van der Waals surface area contributed by atoms with Crippen LogP contribution in [0.25, 0.3) is 16.6 Å². The molecule has 0 atom stereocenters. The maximum Gasteiger partial charge on any atom is 0.340 e. The number of hydrogen-bond donors (Lipinski definition) is 0. The molecule has 4 nitrogen and oxygen atoms in total. The van der Waals surface area contributed by atoms with Gasteiger partial charge in [-0.05, 0) is 24.3 Å². The Labute approximate surface area is 126 Å². The van der Waals surface area contributed by atoms with Crippen LogP contribution in [-0.4, -0.2) is 17.6 Å². The Morgan fingerprint density at radius 3 is 2.73 bits per heavy atom. The van der Waals surface area contributed by atoms with Gasteiger partial charge in [-0.2, -0.15) is 5.26 Å². The standard InChI is InChI=1S/C17H11FN2O2/c1-22-17(21)14-7-6-12(8-15(14)18)20-10-11(9-19)13-4-2-3-5-16(13)20/h2-8,10H,1H3. The zero-order valence-corrected chi connectivity index (χ0v) is 11.7. The third kappa shape index (κ3) is 2.11. The fraction of sp³-hybridized carbons (Fsp3) is 0.0588. The maximum atomic E-state index is 14.1. The minimum atomic E-state index is -0.723. The summed E-state index contributed by atoms with van der Waals surface area (Å²) in [5, 5.41) is 9.99. The third-order valence-electron chi connectivity index (χ3n) is 3.47. The van der Waals surface area contributed by atoms with E-state index in [9.17, 15) is 14.4 Å². The number of benzene rings is 2. The van der Waals surface area contributed by atoms with Crippen LogP contribution in [0, 0.1) is 17.1 Å². The molecule has 22 heavy (non-hydrogen) atoms. The molecule has 0 amide bonds. The first-order valence-electron chi connectivity index (χ1n) is 6.54. The summed E-state index contributed by atoms with van der Waals surface area (Å²) in [6.07, 6.45) is 1.65. The summed E-state index contributed by atoms with van der Waals surface area (Å²) in [6, 6.07) is 13.7. The predicted octanol–water partition coefficient (Wildman–Crippen LogP) is 3.43. The number of fused-ring (bicyclic) bond motifs is 1. The first kappa shape index (κ1) is 13.8. The van der Waals surface area contributed by atoms with Crippen LogP contribution < -0.4 is 0 Å². The minimum Gasteiger partial charge on any atom is -0.465 e. The summed E-state index contributed by atoms with van der Waals surface area (Å²) in [5.74, 6) is -1.39. The number of aromatic nitrogens is 1. The fourth-order valence-corrected chi connectivity index (χ4v) is 2.41. The quantitative estimate of drug-likeness (QED) is 0.680. The molecule has 0 unspecified atom stereocenters. The Bertz CT molecular complexity index is 922. The van der Waals surface area contributed by atoms with Crippen molar-refractivity contribution in [3.63, 3.8) is 0 Å². The van der Waals surface area contributed by atoms with Crippen molar-refractivity contribution in [1.29, 1.82) is 5.26 Å². The first-order chi connectivity index (χ1) is 10.7. The molecule has 0 aliphatic carbocycles. The van der Waals surface area contributed by atoms with Gasteiger partial charge in [-0.25, -0.2) is 9.18 Å². The van der Waals surface area contributed by atoms with Crippen LogP contribution >= 0.6 is 0 Å². The van der Waals surface area contributed by atoms with Crippen LogP contribution in [-0.2, 0) is 4.74 Å². The van der Waals surface area contributed by atoms with Crippen molar-refractivity contribution in [2.75, 3.05) is 7.11 Å². The van der Waals surface area contributed by atoms with Gasteiger partial charge in [-0.1, -0.05) is 18.2 Å². The van der Waals surface area contributed by atoms with Crippen molar-refractivity contribution in [2.45, 2.75) is 0 Å². The number of ether oxygens (including phenoxy) is 1. The van der Waals surface area contributed by atoms with Crippen LogP contribution in [0.1, 0.15) is 15.9 Å². The van der Waals surface area contributed by atoms with E-state index in [1.165, 1.54) is 19.2 Å². The number of para-hydroxylation sites is 1. The summed E-state index contributed by atoms with van der Waals surface area (Å²) in [7, 11) is 1.20. The van der Waals surface area contributed by atoms with Crippen molar-refractivity contribution < 1.29 is 13.9 Å². The van der Waals surface area contributed by atoms with E-state index in [4.69, 9.17) is 0 Å². The normalized spacial score (nSPS) is 10.4. The van der Waals surface area contributed by atoms with E-state index in [0.29, 0.717) is 11.3 Å². The minimum absolute atomic E-state index is 0.122. The van der Waals surface area contributed by atoms with Gasteiger partial charge in [0, 0.05) is 17.3 Å². The van der Waals surface area contributed by atoms with Crippen molar-refractivity contribution >= 4 is 16.9 Å². The van der Waals surface area contributed by atoms with E-state index in [-0.39, 0.29) is 5.56 Å². The van der Waals surface area contributed by atoms with Gasteiger partial charge >= 0.3 is 5.97 Å². The lowest BCUT2D eigenvalue weighted by Gasteiger charge is -2.07. The highest BCUT2D eigenvalue weighted by molar-refractivity contribution is 5.90. The zero-order valence-electron chi connectivity index (χ0n) is 11.7. The molecule has 0 radical (unpaired) electrons. The van der Waals surface area contributed by atoms with Crippen LogP contribution in [0.4, 0.5) is 4.39 Å². The van der Waals surface area contributed by atoms with Crippen molar-refractivity contribution in [3.8, 4) is 11.8 Å². The average molecular weight is 294 g/mol. The Hall–Kier alpha value is -3.13. The molecule has 0 saturated carbocycles. The summed E-state index contributed by atoms with van der Waals surface area (Å²) >= 11 is 0. The number of halogens is 1. The van der Waals surface area contributed by atoms with Crippen molar-refractivity contribution in [2.24, 2.45) is 0 Å². The topological polar surface area (TPSA) is 55.0 Å². The van der Waals surface area contributed by atoms with E-state index >= 15 is 0 Å². The fourth-order valence-electron chi connectivity index (χ4n) is 2.41. The molecule has 0 aliphatic rings. The summed E-state index contributed by atoms with van der Waals surface area (Å²) in [6.45, 7) is 0. The van der Waals surface area contributed by atoms with Crippen LogP contribution in [0.3, 0.4) is 0 Å². The molecular formula is C17H11FN2O2. The predicted molar refractivity (Wildman–Crippen MR) is 79.3 cm³/mol. The molecule has 0 spiro atoms. The van der Waals surface area contributed by atoms with Crippen LogP contribution in [0.2, 0.25) is 0 Å². The highest BCUT2D eigenvalue weighted by atomic mass is 19.1. The van der Waals surface area contributed by atoms with Gasteiger partial charge in [0.05, 0.1) is 23.8 Å². The van der Waals surface area contributed by atoms with E-state index in [1.807, 2.05) is 24.3 Å². The monoisotopic (exact) mass is 294 g/mol. The molecule has 1 heterocycles. The van der Waals surface area contributed by atoms with E-state index < -0.39 is 11.8 Å². The van der Waals surface area contributed by atoms with Crippen molar-refractivity contribution in [3.05, 3.63) is 65.6 Å². The molecule has 1 aromatic heterocycles. The largest absolute Gasteiger partial charge is 0.465 e. The zero-order chi connectivity index (χ0) is 15.7. The number of esters is 1. The van der Waals surface area contributed by atoms with Gasteiger partial charge in [0.2, 0.25) is 0 Å². The van der Waals surface area contributed by atoms with Gasteiger partial charge in [0.15, 0.2) is 0 Å². The molecule has 3 rings (SSSR count). The highest BCUT2D eigenvalue weighted by Crippen LogP contribution is 2.25. The van der Waals surface area contributed by atoms with Gasteiger partial charge in [0.25, 0.3) is 0 Å². The number of rotatable bonds is 2. The Kier molecular flexibility index (Phi) is 3.36.